The summed E-state index contributed by atoms with van der Waals surface area (Å²) < 4.78 is 14.4. The highest BCUT2D eigenvalue weighted by atomic mass is 79.9. The molecule has 0 saturated carbocycles. The van der Waals surface area contributed by atoms with E-state index in [0.717, 1.165) is 18.2 Å². The van der Waals surface area contributed by atoms with Crippen molar-refractivity contribution in [1.82, 2.24) is 10.2 Å². The molecule has 0 aliphatic carbocycles. The second-order valence-electron chi connectivity index (χ2n) is 6.40. The summed E-state index contributed by atoms with van der Waals surface area (Å²) in [5.41, 5.74) is -1.73. The molecule has 29 heavy (non-hydrogen) atoms. The number of carbonyl (C=O) groups excluding carboxylic acids is 3. The Balaban J connectivity index is 1.79. The Bertz CT molecular complexity index is 1050. The van der Waals surface area contributed by atoms with Crippen LogP contribution in [0.2, 0.25) is 0 Å². The van der Waals surface area contributed by atoms with Crippen molar-refractivity contribution < 1.29 is 23.7 Å². The van der Waals surface area contributed by atoms with Crippen LogP contribution < -0.4 is 10.6 Å². The van der Waals surface area contributed by atoms with Gasteiger partial charge < -0.3 is 10.6 Å². The van der Waals surface area contributed by atoms with Gasteiger partial charge in [-0.25, -0.2) is 9.18 Å². The number of nitro groups is 1. The Hall–Kier alpha value is -3.34. The summed E-state index contributed by atoms with van der Waals surface area (Å²) in [4.78, 5) is 48.2. The number of carbonyl (C=O) groups is 3. The minimum absolute atomic E-state index is 0.418. The van der Waals surface area contributed by atoms with Crippen molar-refractivity contribution in [3.63, 3.8) is 0 Å². The molecular weight excluding hydrogens is 451 g/mol. The number of imide groups is 1. The minimum Gasteiger partial charge on any atom is -0.322 e. The van der Waals surface area contributed by atoms with Gasteiger partial charge in [-0.05, 0) is 19.1 Å². The Kier molecular flexibility index (Phi) is 5.33. The predicted octanol–water partition coefficient (Wildman–Crippen LogP) is 2.90. The van der Waals surface area contributed by atoms with Gasteiger partial charge in [-0.15, -0.1) is 0 Å². The SMILES string of the molecule is C[C@@]1(c2ccccc2Br)NC(=O)N(CC(=O)Nc2cc([N+](=O)[O-])ccc2F)C1=O. The van der Waals surface area contributed by atoms with Gasteiger partial charge in [0.25, 0.3) is 11.6 Å². The zero-order valence-corrected chi connectivity index (χ0v) is 16.5. The number of benzene rings is 2. The Morgan fingerprint density at radius 2 is 2.00 bits per heavy atom. The van der Waals surface area contributed by atoms with Crippen molar-refractivity contribution in [3.8, 4) is 0 Å². The third kappa shape index (κ3) is 3.81. The lowest BCUT2D eigenvalue weighted by Gasteiger charge is -2.23. The molecule has 1 fully saturated rings. The van der Waals surface area contributed by atoms with Crippen LogP contribution in [0.15, 0.2) is 46.9 Å². The van der Waals surface area contributed by atoms with Crippen LogP contribution in [0.4, 0.5) is 20.6 Å². The van der Waals surface area contributed by atoms with Crippen LogP contribution in [0.5, 0.6) is 0 Å². The first kappa shape index (κ1) is 20.4. The average molecular weight is 465 g/mol. The van der Waals surface area contributed by atoms with Gasteiger partial charge in [0.1, 0.15) is 17.9 Å². The number of hydrogen-bond donors (Lipinski definition) is 2. The van der Waals surface area contributed by atoms with E-state index in [1.165, 1.54) is 6.92 Å². The standard InChI is InChI=1S/C18H14BrFN4O5/c1-18(11-4-2-3-5-12(11)19)16(26)23(17(27)22-18)9-15(25)21-14-8-10(24(28)29)6-7-13(14)20/h2-8H,9H2,1H3,(H,21,25)(H,22,27)/t18-/m0/s1. The molecule has 2 aromatic carbocycles. The molecular formula is C18H14BrFN4O5. The molecule has 0 spiro atoms. The topological polar surface area (TPSA) is 122 Å². The van der Waals surface area contributed by atoms with E-state index in [0.29, 0.717) is 14.9 Å². The van der Waals surface area contributed by atoms with Crippen LogP contribution >= 0.6 is 15.9 Å². The van der Waals surface area contributed by atoms with Gasteiger partial charge in [0.15, 0.2) is 0 Å². The number of anilines is 1. The Morgan fingerprint density at radius 1 is 1.31 bits per heavy atom. The summed E-state index contributed by atoms with van der Waals surface area (Å²) in [6.07, 6.45) is 0. The van der Waals surface area contributed by atoms with Gasteiger partial charge in [-0.2, -0.15) is 0 Å². The van der Waals surface area contributed by atoms with E-state index in [9.17, 15) is 28.9 Å². The predicted molar refractivity (Wildman–Crippen MR) is 103 cm³/mol. The van der Waals surface area contributed by atoms with E-state index in [1.807, 2.05) is 0 Å². The molecule has 11 heteroatoms. The molecule has 2 N–H and O–H groups in total. The zero-order valence-electron chi connectivity index (χ0n) is 14.9. The van der Waals surface area contributed by atoms with Gasteiger partial charge in [-0.3, -0.25) is 24.6 Å². The van der Waals surface area contributed by atoms with Crippen LogP contribution in [-0.2, 0) is 15.1 Å². The van der Waals surface area contributed by atoms with Crippen LogP contribution in [0.25, 0.3) is 0 Å². The number of halogens is 2. The number of amides is 4. The summed E-state index contributed by atoms with van der Waals surface area (Å²) in [7, 11) is 0. The first-order chi connectivity index (χ1) is 13.6. The molecule has 4 amide bonds. The molecule has 0 radical (unpaired) electrons. The van der Waals surface area contributed by atoms with E-state index >= 15 is 0 Å². The summed E-state index contributed by atoms with van der Waals surface area (Å²) in [5.74, 6) is -2.44. The number of hydrogen-bond acceptors (Lipinski definition) is 5. The van der Waals surface area contributed by atoms with Gasteiger partial charge in [0, 0.05) is 22.2 Å². The van der Waals surface area contributed by atoms with Gasteiger partial charge in [-0.1, -0.05) is 34.1 Å². The minimum atomic E-state index is -1.39. The molecule has 0 aromatic heterocycles. The first-order valence-corrected chi connectivity index (χ1v) is 9.05. The van der Waals surface area contributed by atoms with E-state index in [4.69, 9.17) is 0 Å². The smallest absolute Gasteiger partial charge is 0.322 e. The highest BCUT2D eigenvalue weighted by molar-refractivity contribution is 9.10. The largest absolute Gasteiger partial charge is 0.325 e. The lowest BCUT2D eigenvalue weighted by Crippen LogP contribution is -2.42. The van der Waals surface area contributed by atoms with Crippen molar-refractivity contribution in [1.29, 1.82) is 0 Å². The summed E-state index contributed by atoms with van der Waals surface area (Å²) >= 11 is 3.33. The fourth-order valence-electron chi connectivity index (χ4n) is 2.95. The molecule has 1 aliphatic rings. The van der Waals surface area contributed by atoms with Crippen molar-refractivity contribution >= 4 is 45.2 Å². The molecule has 0 unspecified atom stereocenters. The van der Waals surface area contributed by atoms with Crippen LogP contribution in [0.3, 0.4) is 0 Å². The molecule has 1 heterocycles. The lowest BCUT2D eigenvalue weighted by atomic mass is 9.92. The third-order valence-electron chi connectivity index (χ3n) is 4.42. The van der Waals surface area contributed by atoms with Crippen molar-refractivity contribution in [2.24, 2.45) is 0 Å². The monoisotopic (exact) mass is 464 g/mol. The number of nitro benzene ring substituents is 1. The van der Waals surface area contributed by atoms with Crippen LogP contribution in [0.1, 0.15) is 12.5 Å². The fraction of sp³-hybridized carbons (Fsp3) is 0.167. The van der Waals surface area contributed by atoms with Gasteiger partial charge in [0.2, 0.25) is 5.91 Å². The number of nitrogens with one attached hydrogen (secondary N) is 2. The van der Waals surface area contributed by atoms with E-state index < -0.39 is 52.0 Å². The van der Waals surface area contributed by atoms with Gasteiger partial charge >= 0.3 is 6.03 Å². The number of non-ortho nitro benzene ring substituents is 1. The molecule has 2 aromatic rings. The third-order valence-corrected chi connectivity index (χ3v) is 5.12. The van der Waals surface area contributed by atoms with Crippen molar-refractivity contribution in [2.75, 3.05) is 11.9 Å². The number of nitrogens with zero attached hydrogens (tertiary/aromatic N) is 2. The normalized spacial score (nSPS) is 18.5. The summed E-state index contributed by atoms with van der Waals surface area (Å²) in [5, 5.41) is 15.5. The molecule has 1 atom stereocenters. The average Bonchev–Trinajstić information content (AvgIpc) is 2.87. The quantitative estimate of drug-likeness (QED) is 0.400. The molecule has 0 bridgehead atoms. The highest BCUT2D eigenvalue weighted by Gasteiger charge is 2.50. The van der Waals surface area contributed by atoms with Gasteiger partial charge in [0.05, 0.1) is 10.6 Å². The second-order valence-corrected chi connectivity index (χ2v) is 7.25. The maximum absolute atomic E-state index is 13.8. The molecule has 9 nitrogen and oxygen atoms in total. The Labute approximate surface area is 172 Å². The molecule has 1 saturated heterocycles. The fourth-order valence-corrected chi connectivity index (χ4v) is 3.63. The molecule has 150 valence electrons. The maximum Gasteiger partial charge on any atom is 0.325 e. The number of urea groups is 1. The summed E-state index contributed by atoms with van der Waals surface area (Å²) in [6.45, 7) is 0.818. The van der Waals surface area contributed by atoms with Crippen LogP contribution in [-0.4, -0.2) is 34.2 Å². The molecule has 1 aliphatic heterocycles. The zero-order chi connectivity index (χ0) is 21.3. The van der Waals surface area contributed by atoms with E-state index in [1.54, 1.807) is 24.3 Å². The van der Waals surface area contributed by atoms with Crippen molar-refractivity contribution in [3.05, 3.63) is 68.4 Å². The Morgan fingerprint density at radius 3 is 2.66 bits per heavy atom. The van der Waals surface area contributed by atoms with E-state index in [2.05, 4.69) is 26.6 Å². The van der Waals surface area contributed by atoms with E-state index in [-0.39, 0.29) is 0 Å². The number of rotatable bonds is 5. The second kappa shape index (κ2) is 7.59. The lowest BCUT2D eigenvalue weighted by molar-refractivity contribution is -0.384. The highest BCUT2D eigenvalue weighted by Crippen LogP contribution is 2.33. The van der Waals surface area contributed by atoms with Crippen molar-refractivity contribution in [2.45, 2.75) is 12.5 Å². The summed E-state index contributed by atoms with van der Waals surface area (Å²) in [6, 6.07) is 8.66. The first-order valence-electron chi connectivity index (χ1n) is 8.26. The molecule has 3 rings (SSSR count). The van der Waals surface area contributed by atoms with Crippen LogP contribution in [0, 0.1) is 15.9 Å². The maximum atomic E-state index is 13.8.